The van der Waals surface area contributed by atoms with Crippen LogP contribution in [-0.2, 0) is 0 Å². The minimum atomic E-state index is 0.658. The van der Waals surface area contributed by atoms with Crippen LogP contribution >= 0.6 is 0 Å². The second kappa shape index (κ2) is 3.48. The number of pyridine rings is 1. The fraction of sp³-hybridized carbons (Fsp3) is 0.538. The molecule has 2 bridgehead atoms. The van der Waals surface area contributed by atoms with Crippen molar-refractivity contribution in [1.82, 2.24) is 4.98 Å². The SMILES string of the molecule is CCNc1nc2c(cc1C#N)C1CCC2C1. The number of hydrogen-bond acceptors (Lipinski definition) is 3. The van der Waals surface area contributed by atoms with Crippen molar-refractivity contribution in [3.63, 3.8) is 0 Å². The predicted octanol–water partition coefficient (Wildman–Crippen LogP) is 2.75. The summed E-state index contributed by atoms with van der Waals surface area (Å²) in [6.45, 7) is 2.84. The molecule has 0 radical (unpaired) electrons. The molecular formula is C13H15N3. The number of anilines is 1. The number of aromatic nitrogens is 1. The largest absolute Gasteiger partial charge is 0.369 e. The van der Waals surface area contributed by atoms with Crippen LogP contribution in [0, 0.1) is 11.3 Å². The van der Waals surface area contributed by atoms with Gasteiger partial charge in [0.1, 0.15) is 11.9 Å². The molecule has 3 nitrogen and oxygen atoms in total. The Kier molecular flexibility index (Phi) is 2.10. The van der Waals surface area contributed by atoms with Crippen LogP contribution < -0.4 is 5.32 Å². The van der Waals surface area contributed by atoms with Gasteiger partial charge in [0.15, 0.2) is 0 Å². The molecule has 1 N–H and O–H groups in total. The van der Waals surface area contributed by atoms with E-state index in [1.807, 2.05) is 6.92 Å². The van der Waals surface area contributed by atoms with E-state index in [9.17, 15) is 0 Å². The summed E-state index contributed by atoms with van der Waals surface area (Å²) < 4.78 is 0. The molecule has 82 valence electrons. The number of nitriles is 1. The molecule has 1 aromatic rings. The Hall–Kier alpha value is -1.56. The summed E-state index contributed by atoms with van der Waals surface area (Å²) in [6.07, 6.45) is 3.82. The van der Waals surface area contributed by atoms with Crippen molar-refractivity contribution in [1.29, 1.82) is 5.26 Å². The third kappa shape index (κ3) is 1.23. The maximum absolute atomic E-state index is 9.12. The highest BCUT2D eigenvalue weighted by Crippen LogP contribution is 2.52. The molecule has 0 saturated heterocycles. The molecule has 3 heteroatoms. The number of fused-ring (bicyclic) bond motifs is 5. The third-order valence-electron chi connectivity index (χ3n) is 3.81. The van der Waals surface area contributed by atoms with Gasteiger partial charge in [0.05, 0.1) is 5.56 Å². The summed E-state index contributed by atoms with van der Waals surface area (Å²) in [5.41, 5.74) is 3.30. The quantitative estimate of drug-likeness (QED) is 0.821. The molecule has 2 atom stereocenters. The molecule has 0 spiro atoms. The minimum absolute atomic E-state index is 0.658. The van der Waals surface area contributed by atoms with E-state index in [0.29, 0.717) is 17.4 Å². The van der Waals surface area contributed by atoms with Crippen molar-refractivity contribution >= 4 is 5.82 Å². The second-order valence-electron chi connectivity index (χ2n) is 4.71. The summed E-state index contributed by atoms with van der Waals surface area (Å²) >= 11 is 0. The molecule has 1 fully saturated rings. The van der Waals surface area contributed by atoms with Gasteiger partial charge >= 0.3 is 0 Å². The normalized spacial score (nSPS) is 25.2. The molecule has 1 saturated carbocycles. The van der Waals surface area contributed by atoms with E-state index in [2.05, 4.69) is 22.4 Å². The highest BCUT2D eigenvalue weighted by molar-refractivity contribution is 5.56. The molecule has 1 heterocycles. The third-order valence-corrected chi connectivity index (χ3v) is 3.81. The van der Waals surface area contributed by atoms with E-state index in [4.69, 9.17) is 5.26 Å². The van der Waals surface area contributed by atoms with Crippen molar-refractivity contribution in [2.75, 3.05) is 11.9 Å². The zero-order chi connectivity index (χ0) is 11.1. The molecule has 3 rings (SSSR count). The molecule has 16 heavy (non-hydrogen) atoms. The first-order chi connectivity index (χ1) is 7.83. The van der Waals surface area contributed by atoms with Crippen molar-refractivity contribution in [3.05, 3.63) is 22.9 Å². The molecule has 0 aromatic carbocycles. The summed E-state index contributed by atoms with van der Waals surface area (Å²) in [7, 11) is 0. The van der Waals surface area contributed by atoms with Crippen molar-refractivity contribution in [2.24, 2.45) is 0 Å². The monoisotopic (exact) mass is 213 g/mol. The Morgan fingerprint density at radius 2 is 2.31 bits per heavy atom. The van der Waals surface area contributed by atoms with Crippen LogP contribution in [0.3, 0.4) is 0 Å². The van der Waals surface area contributed by atoms with Crippen LogP contribution in [0.1, 0.15) is 54.8 Å². The fourth-order valence-electron chi connectivity index (χ4n) is 3.10. The number of nitrogens with zero attached hydrogens (tertiary/aromatic N) is 2. The first-order valence-electron chi connectivity index (χ1n) is 6.02. The van der Waals surface area contributed by atoms with Gasteiger partial charge in [-0.15, -0.1) is 0 Å². The highest BCUT2D eigenvalue weighted by Gasteiger charge is 2.38. The van der Waals surface area contributed by atoms with Crippen molar-refractivity contribution in [3.8, 4) is 6.07 Å². The van der Waals surface area contributed by atoms with Gasteiger partial charge in [0.25, 0.3) is 0 Å². The van der Waals surface area contributed by atoms with Crippen LogP contribution in [0.15, 0.2) is 6.07 Å². The number of rotatable bonds is 2. The minimum Gasteiger partial charge on any atom is -0.369 e. The van der Waals surface area contributed by atoms with Crippen LogP contribution in [0.25, 0.3) is 0 Å². The molecule has 0 amide bonds. The fourth-order valence-corrected chi connectivity index (χ4v) is 3.10. The smallest absolute Gasteiger partial charge is 0.144 e. The topological polar surface area (TPSA) is 48.7 Å². The van der Waals surface area contributed by atoms with Crippen LogP contribution in [-0.4, -0.2) is 11.5 Å². The van der Waals surface area contributed by atoms with Crippen molar-refractivity contribution < 1.29 is 0 Å². The average molecular weight is 213 g/mol. The number of hydrogen-bond donors (Lipinski definition) is 1. The zero-order valence-corrected chi connectivity index (χ0v) is 9.45. The lowest BCUT2D eigenvalue weighted by atomic mass is 9.95. The Bertz CT molecular complexity index is 473. The lowest BCUT2D eigenvalue weighted by Gasteiger charge is -2.16. The van der Waals surface area contributed by atoms with Gasteiger partial charge < -0.3 is 5.32 Å². The Morgan fingerprint density at radius 1 is 1.50 bits per heavy atom. The van der Waals surface area contributed by atoms with E-state index < -0.39 is 0 Å². The lowest BCUT2D eigenvalue weighted by molar-refractivity contribution is 0.697. The van der Waals surface area contributed by atoms with E-state index in [1.54, 1.807) is 0 Å². The Labute approximate surface area is 95.5 Å². The average Bonchev–Trinajstić information content (AvgIpc) is 2.89. The van der Waals surface area contributed by atoms with E-state index in [-0.39, 0.29) is 0 Å². The molecule has 1 aromatic heterocycles. The Morgan fingerprint density at radius 3 is 3.06 bits per heavy atom. The first-order valence-corrected chi connectivity index (χ1v) is 6.02. The first kappa shape index (κ1) is 9.65. The second-order valence-corrected chi connectivity index (χ2v) is 4.71. The van der Waals surface area contributed by atoms with Gasteiger partial charge in [-0.05, 0) is 43.7 Å². The summed E-state index contributed by atoms with van der Waals surface area (Å²) in [5.74, 6) is 2.11. The van der Waals surface area contributed by atoms with E-state index in [0.717, 1.165) is 12.4 Å². The van der Waals surface area contributed by atoms with E-state index >= 15 is 0 Å². The maximum atomic E-state index is 9.12. The Balaban J connectivity index is 2.10. The highest BCUT2D eigenvalue weighted by atomic mass is 15.0. The van der Waals surface area contributed by atoms with Crippen LogP contribution in [0.2, 0.25) is 0 Å². The summed E-state index contributed by atoms with van der Waals surface area (Å²) in [5, 5.41) is 12.3. The standard InChI is InChI=1S/C13H15N3/c1-2-15-13-10(7-14)6-11-8-3-4-9(5-8)12(11)16-13/h6,8-9H,2-5H2,1H3,(H,15,16). The molecule has 2 aliphatic rings. The van der Waals surface area contributed by atoms with Gasteiger partial charge in [-0.25, -0.2) is 4.98 Å². The van der Waals surface area contributed by atoms with E-state index in [1.165, 1.54) is 30.5 Å². The maximum Gasteiger partial charge on any atom is 0.144 e. The van der Waals surface area contributed by atoms with Gasteiger partial charge in [-0.1, -0.05) is 0 Å². The van der Waals surface area contributed by atoms with Gasteiger partial charge in [0.2, 0.25) is 0 Å². The molecule has 2 unspecified atom stereocenters. The van der Waals surface area contributed by atoms with Crippen LogP contribution in [0.5, 0.6) is 0 Å². The lowest BCUT2D eigenvalue weighted by Crippen LogP contribution is -2.08. The zero-order valence-electron chi connectivity index (χ0n) is 9.45. The number of nitrogens with one attached hydrogen (secondary N) is 1. The molecular weight excluding hydrogens is 198 g/mol. The summed E-state index contributed by atoms with van der Waals surface area (Å²) in [4.78, 5) is 4.66. The molecule has 2 aliphatic carbocycles. The van der Waals surface area contributed by atoms with Gasteiger partial charge in [-0.3, -0.25) is 0 Å². The van der Waals surface area contributed by atoms with Gasteiger partial charge in [0, 0.05) is 18.2 Å². The summed E-state index contributed by atoms with van der Waals surface area (Å²) in [6, 6.07) is 4.30. The predicted molar refractivity (Wildman–Crippen MR) is 62.4 cm³/mol. The van der Waals surface area contributed by atoms with Crippen LogP contribution in [0.4, 0.5) is 5.82 Å². The van der Waals surface area contributed by atoms with Crippen molar-refractivity contribution in [2.45, 2.75) is 38.0 Å². The van der Waals surface area contributed by atoms with Gasteiger partial charge in [-0.2, -0.15) is 5.26 Å². The molecule has 0 aliphatic heterocycles.